The Bertz CT molecular complexity index is 478. The molecule has 0 saturated carbocycles. The lowest BCUT2D eigenvalue weighted by Crippen LogP contribution is -2.36. The topological polar surface area (TPSA) is 84.7 Å². The molecule has 8 heteroatoms. The molecule has 0 aliphatic heterocycles. The first kappa shape index (κ1) is 15.1. The van der Waals surface area contributed by atoms with Crippen LogP contribution in [0.3, 0.4) is 0 Å². The number of nitrogens with zero attached hydrogens (tertiary/aromatic N) is 3. The Morgan fingerprint density at radius 3 is 2.67 bits per heavy atom. The number of ether oxygens (including phenoxy) is 1. The smallest absolute Gasteiger partial charge is 0.261 e. The molecule has 1 atom stereocenters. The lowest BCUT2D eigenvalue weighted by molar-refractivity contribution is 0.0554. The van der Waals surface area contributed by atoms with Crippen molar-refractivity contribution in [3.05, 3.63) is 12.0 Å². The zero-order valence-electron chi connectivity index (χ0n) is 11.0. The van der Waals surface area contributed by atoms with Crippen molar-refractivity contribution >= 4 is 10.0 Å². The average Bonchev–Trinajstić information content (AvgIpc) is 2.60. The molecule has 0 aromatic carbocycles. The monoisotopic (exact) mass is 277 g/mol. The quantitative estimate of drug-likeness (QED) is 0.747. The van der Waals surface area contributed by atoms with Crippen molar-refractivity contribution < 1.29 is 18.3 Å². The Hall–Kier alpha value is -0.960. The number of rotatable bonds is 6. The van der Waals surface area contributed by atoms with Crippen LogP contribution in [0.15, 0.2) is 11.2 Å². The van der Waals surface area contributed by atoms with Crippen LogP contribution in [-0.2, 0) is 21.8 Å². The van der Waals surface area contributed by atoms with Crippen molar-refractivity contribution in [2.45, 2.75) is 18.1 Å². The first-order valence-electron chi connectivity index (χ1n) is 5.42. The van der Waals surface area contributed by atoms with Gasteiger partial charge >= 0.3 is 0 Å². The lowest BCUT2D eigenvalue weighted by atomic mass is 10.4. The van der Waals surface area contributed by atoms with Gasteiger partial charge in [-0.2, -0.15) is 4.31 Å². The summed E-state index contributed by atoms with van der Waals surface area (Å²) in [5.74, 6) is 0.611. The molecule has 0 spiro atoms. The molecule has 1 N–H and O–H groups in total. The fourth-order valence-corrected chi connectivity index (χ4v) is 2.68. The van der Waals surface area contributed by atoms with Gasteiger partial charge in [0, 0.05) is 33.9 Å². The minimum atomic E-state index is -3.67. The maximum atomic E-state index is 12.1. The molecule has 1 heterocycles. The molecule has 104 valence electrons. The van der Waals surface area contributed by atoms with Crippen LogP contribution < -0.4 is 0 Å². The SMILES string of the molecule is COCC(O)CN(C)S(=O)(=O)c1cn(C)c(C)n1. The van der Waals surface area contributed by atoms with Crippen molar-refractivity contribution in [3.8, 4) is 0 Å². The van der Waals surface area contributed by atoms with Crippen molar-refractivity contribution in [1.82, 2.24) is 13.9 Å². The molecule has 0 amide bonds. The van der Waals surface area contributed by atoms with Gasteiger partial charge in [0.1, 0.15) is 5.82 Å². The van der Waals surface area contributed by atoms with E-state index < -0.39 is 16.1 Å². The second-order valence-electron chi connectivity index (χ2n) is 4.13. The highest BCUT2D eigenvalue weighted by Crippen LogP contribution is 2.13. The van der Waals surface area contributed by atoms with Crippen LogP contribution in [0.4, 0.5) is 0 Å². The van der Waals surface area contributed by atoms with Gasteiger partial charge in [-0.3, -0.25) is 0 Å². The van der Waals surface area contributed by atoms with Crippen LogP contribution in [0.25, 0.3) is 0 Å². The summed E-state index contributed by atoms with van der Waals surface area (Å²) in [5, 5.41) is 9.51. The Morgan fingerprint density at radius 1 is 1.61 bits per heavy atom. The van der Waals surface area contributed by atoms with E-state index in [0.717, 1.165) is 4.31 Å². The Labute approximate surface area is 107 Å². The third-order valence-corrected chi connectivity index (χ3v) is 4.28. The Kier molecular flexibility index (Phi) is 4.85. The van der Waals surface area contributed by atoms with Gasteiger partial charge in [-0.1, -0.05) is 0 Å². The average molecular weight is 277 g/mol. The largest absolute Gasteiger partial charge is 0.389 e. The summed E-state index contributed by atoms with van der Waals surface area (Å²) in [6, 6.07) is 0. The Balaban J connectivity index is 2.86. The molecule has 0 aliphatic carbocycles. The molecule has 18 heavy (non-hydrogen) atoms. The lowest BCUT2D eigenvalue weighted by Gasteiger charge is -2.18. The van der Waals surface area contributed by atoms with Gasteiger partial charge in [-0.05, 0) is 6.92 Å². The standard InChI is InChI=1S/C10H19N3O4S/c1-8-11-10(6-12(8)2)18(15,16)13(3)5-9(14)7-17-4/h6,9,14H,5,7H2,1-4H3. The number of aliphatic hydroxyl groups is 1. The summed E-state index contributed by atoms with van der Waals surface area (Å²) in [5.41, 5.74) is 0. The van der Waals surface area contributed by atoms with Gasteiger partial charge in [0.2, 0.25) is 0 Å². The van der Waals surface area contributed by atoms with Gasteiger partial charge < -0.3 is 14.4 Å². The maximum absolute atomic E-state index is 12.1. The summed E-state index contributed by atoms with van der Waals surface area (Å²) < 4.78 is 31.7. The van der Waals surface area contributed by atoms with Crippen molar-refractivity contribution in [2.75, 3.05) is 27.3 Å². The number of hydrogen-bond donors (Lipinski definition) is 1. The van der Waals surface area contributed by atoms with E-state index in [9.17, 15) is 13.5 Å². The van der Waals surface area contributed by atoms with E-state index in [1.165, 1.54) is 20.4 Å². The van der Waals surface area contributed by atoms with Crippen molar-refractivity contribution in [1.29, 1.82) is 0 Å². The van der Waals surface area contributed by atoms with Gasteiger partial charge in [-0.25, -0.2) is 13.4 Å². The molecule has 1 aromatic rings. The van der Waals surface area contributed by atoms with E-state index in [-0.39, 0.29) is 18.2 Å². The first-order chi connectivity index (χ1) is 8.28. The number of aliphatic hydroxyl groups excluding tert-OH is 1. The normalized spacial score (nSPS) is 14.1. The summed E-state index contributed by atoms with van der Waals surface area (Å²) in [4.78, 5) is 3.98. The third-order valence-electron chi connectivity index (χ3n) is 2.59. The highest BCUT2D eigenvalue weighted by molar-refractivity contribution is 7.89. The molecule has 7 nitrogen and oxygen atoms in total. The summed E-state index contributed by atoms with van der Waals surface area (Å²) in [7, 11) is 0.900. The van der Waals surface area contributed by atoms with Gasteiger partial charge in [-0.15, -0.1) is 0 Å². The number of imidazole rings is 1. The van der Waals surface area contributed by atoms with E-state index in [1.54, 1.807) is 18.5 Å². The molecule has 0 bridgehead atoms. The number of sulfonamides is 1. The second-order valence-corrected chi connectivity index (χ2v) is 6.12. The summed E-state index contributed by atoms with van der Waals surface area (Å²) in [6.45, 7) is 1.77. The molecule has 1 unspecified atom stereocenters. The zero-order chi connectivity index (χ0) is 13.9. The highest BCUT2D eigenvalue weighted by Gasteiger charge is 2.25. The zero-order valence-corrected chi connectivity index (χ0v) is 11.8. The molecule has 0 aliphatic rings. The molecule has 1 rings (SSSR count). The second kappa shape index (κ2) is 5.79. The summed E-state index contributed by atoms with van der Waals surface area (Å²) >= 11 is 0. The fourth-order valence-electron chi connectivity index (χ4n) is 1.45. The third kappa shape index (κ3) is 3.29. The number of aryl methyl sites for hydroxylation is 2. The number of likely N-dealkylation sites (N-methyl/N-ethyl adjacent to an activating group) is 1. The van der Waals surface area contributed by atoms with Gasteiger partial charge in [0.25, 0.3) is 10.0 Å². The Morgan fingerprint density at radius 2 is 2.22 bits per heavy atom. The molecule has 1 aromatic heterocycles. The summed E-state index contributed by atoms with van der Waals surface area (Å²) in [6.07, 6.45) is 0.587. The number of hydrogen-bond acceptors (Lipinski definition) is 5. The van der Waals surface area contributed by atoms with E-state index in [0.29, 0.717) is 5.82 Å². The van der Waals surface area contributed by atoms with Crippen LogP contribution in [0.1, 0.15) is 5.82 Å². The molecular weight excluding hydrogens is 258 g/mol. The van der Waals surface area contributed by atoms with E-state index in [4.69, 9.17) is 4.74 Å². The fraction of sp³-hybridized carbons (Fsp3) is 0.700. The van der Waals surface area contributed by atoms with Gasteiger partial charge in [0.15, 0.2) is 5.03 Å². The van der Waals surface area contributed by atoms with E-state index in [1.807, 2.05) is 0 Å². The molecule has 0 fully saturated rings. The van der Waals surface area contributed by atoms with Crippen LogP contribution in [0.5, 0.6) is 0 Å². The molecule has 0 radical (unpaired) electrons. The minimum absolute atomic E-state index is 0.0189. The number of aromatic nitrogens is 2. The molecular formula is C10H19N3O4S. The van der Waals surface area contributed by atoms with Crippen molar-refractivity contribution in [3.63, 3.8) is 0 Å². The van der Waals surface area contributed by atoms with E-state index in [2.05, 4.69) is 4.98 Å². The van der Waals surface area contributed by atoms with E-state index >= 15 is 0 Å². The maximum Gasteiger partial charge on any atom is 0.261 e. The predicted molar refractivity (Wildman–Crippen MR) is 65.6 cm³/mol. The van der Waals surface area contributed by atoms with Crippen molar-refractivity contribution in [2.24, 2.45) is 7.05 Å². The van der Waals surface area contributed by atoms with Gasteiger partial charge in [0.05, 0.1) is 12.7 Å². The predicted octanol–water partition coefficient (Wildman–Crippen LogP) is -0.644. The first-order valence-corrected chi connectivity index (χ1v) is 6.86. The van der Waals surface area contributed by atoms with Crippen LogP contribution >= 0.6 is 0 Å². The minimum Gasteiger partial charge on any atom is -0.389 e. The number of methoxy groups -OCH3 is 1. The van der Waals surface area contributed by atoms with Crippen LogP contribution in [0.2, 0.25) is 0 Å². The highest BCUT2D eigenvalue weighted by atomic mass is 32.2. The van der Waals surface area contributed by atoms with Crippen LogP contribution in [0, 0.1) is 6.92 Å². The molecule has 0 saturated heterocycles. The van der Waals surface area contributed by atoms with Crippen LogP contribution in [-0.4, -0.2) is 60.8 Å².